The Hall–Kier alpha value is -3.37. The highest BCUT2D eigenvalue weighted by Crippen LogP contribution is 2.36. The first-order valence-corrected chi connectivity index (χ1v) is 11.8. The quantitative estimate of drug-likeness (QED) is 0.351. The van der Waals surface area contributed by atoms with E-state index in [1.807, 2.05) is 30.3 Å². The molecule has 0 saturated carbocycles. The first kappa shape index (κ1) is 26.7. The average Bonchev–Trinajstić information content (AvgIpc) is 3.37. The third-order valence-corrected chi connectivity index (χ3v) is 6.13. The van der Waals surface area contributed by atoms with Gasteiger partial charge >= 0.3 is 18.6 Å². The number of carbonyl (C=O) groups is 1. The predicted molar refractivity (Wildman–Crippen MR) is 129 cm³/mol. The van der Waals surface area contributed by atoms with Crippen LogP contribution in [-0.2, 0) is 16.7 Å². The number of urea groups is 1. The number of nitrogens with zero attached hydrogens (tertiary/aromatic N) is 1. The molecule has 1 fully saturated rings. The molecule has 2 amide bonds. The van der Waals surface area contributed by atoms with E-state index in [2.05, 4.69) is 20.4 Å². The van der Waals surface area contributed by atoms with Crippen molar-refractivity contribution >= 4 is 17.6 Å². The van der Waals surface area contributed by atoms with Crippen molar-refractivity contribution in [3.8, 4) is 5.75 Å². The second-order valence-electron chi connectivity index (χ2n) is 8.58. The fraction of sp³-hybridized carbons (Fsp3) is 0.308. The van der Waals surface area contributed by atoms with Crippen molar-refractivity contribution in [3.63, 3.8) is 0 Å². The van der Waals surface area contributed by atoms with Gasteiger partial charge in [0.25, 0.3) is 0 Å². The fourth-order valence-corrected chi connectivity index (χ4v) is 4.25. The molecule has 11 heteroatoms. The van der Waals surface area contributed by atoms with Crippen LogP contribution in [0.3, 0.4) is 0 Å². The molecule has 2 unspecified atom stereocenters. The Labute approximate surface area is 215 Å². The highest BCUT2D eigenvalue weighted by Gasteiger charge is 2.45. The number of rotatable bonds is 9. The molecule has 2 atom stereocenters. The summed E-state index contributed by atoms with van der Waals surface area (Å²) in [5.41, 5.74) is -0.00879. The Kier molecular flexibility index (Phi) is 8.19. The van der Waals surface area contributed by atoms with Crippen molar-refractivity contribution in [1.29, 1.82) is 0 Å². The van der Waals surface area contributed by atoms with Crippen LogP contribution in [0.2, 0.25) is 5.02 Å². The molecule has 4 rings (SSSR count). The molecule has 2 heterocycles. The third kappa shape index (κ3) is 6.50. The van der Waals surface area contributed by atoms with Gasteiger partial charge in [0.15, 0.2) is 0 Å². The van der Waals surface area contributed by atoms with Gasteiger partial charge < -0.3 is 20.1 Å². The molecule has 1 aliphatic rings. The third-order valence-electron chi connectivity index (χ3n) is 5.90. The largest absolute Gasteiger partial charge is 0.461 e. The zero-order valence-electron chi connectivity index (χ0n) is 19.5. The van der Waals surface area contributed by atoms with E-state index < -0.39 is 29.9 Å². The van der Waals surface area contributed by atoms with Crippen molar-refractivity contribution in [3.05, 3.63) is 94.8 Å². The zero-order chi connectivity index (χ0) is 26.5. The van der Waals surface area contributed by atoms with Crippen molar-refractivity contribution < 1.29 is 31.8 Å². The van der Waals surface area contributed by atoms with E-state index in [0.717, 1.165) is 11.6 Å². The molecule has 3 aromatic rings. The standard InChI is InChI=1S/C26H24ClF4N3O3/c27-19-9-10-22(32-15-19)25(14-17-5-2-1-3-6-17,34-24(35)33-20-11-12-36-16-20)18-7-4-8-21(13-18)37-26(30,31)23(28)29/h1-10,13,15,20,23H,11-12,14,16H2,(H2,33,34,35). The molecule has 196 valence electrons. The minimum atomic E-state index is -4.70. The molecule has 0 aliphatic carbocycles. The van der Waals surface area contributed by atoms with Crippen LogP contribution < -0.4 is 15.4 Å². The number of hydrogen-bond donors (Lipinski definition) is 2. The highest BCUT2D eigenvalue weighted by molar-refractivity contribution is 6.30. The number of pyridine rings is 1. The minimum absolute atomic E-state index is 0.145. The van der Waals surface area contributed by atoms with Crippen LogP contribution in [0, 0.1) is 0 Å². The number of benzene rings is 2. The van der Waals surface area contributed by atoms with Gasteiger partial charge in [0.05, 0.1) is 23.4 Å². The molecule has 2 aromatic carbocycles. The van der Waals surface area contributed by atoms with Crippen molar-refractivity contribution in [2.24, 2.45) is 0 Å². The molecule has 37 heavy (non-hydrogen) atoms. The molecule has 6 nitrogen and oxygen atoms in total. The summed E-state index contributed by atoms with van der Waals surface area (Å²) in [5, 5.41) is 6.17. The van der Waals surface area contributed by atoms with E-state index >= 15 is 0 Å². The SMILES string of the molecule is O=C(NC1CCOC1)NC(Cc1ccccc1)(c1cccc(OC(F)(F)C(F)F)c1)c1ccc(Cl)cn1. The van der Waals surface area contributed by atoms with Gasteiger partial charge in [-0.2, -0.15) is 17.6 Å². The van der Waals surface area contributed by atoms with Gasteiger partial charge in [0.2, 0.25) is 0 Å². The Bertz CT molecular complexity index is 1200. The number of alkyl halides is 4. The van der Waals surface area contributed by atoms with Crippen LogP contribution in [0.25, 0.3) is 0 Å². The Morgan fingerprint density at radius 1 is 1.14 bits per heavy atom. The summed E-state index contributed by atoms with van der Waals surface area (Å²) >= 11 is 6.06. The molecular weight excluding hydrogens is 514 g/mol. The fourth-order valence-electron chi connectivity index (χ4n) is 4.14. The number of aromatic nitrogens is 1. The molecule has 0 spiro atoms. The van der Waals surface area contributed by atoms with Gasteiger partial charge in [0, 0.05) is 19.2 Å². The highest BCUT2D eigenvalue weighted by atomic mass is 35.5. The van der Waals surface area contributed by atoms with Gasteiger partial charge in [-0.25, -0.2) is 4.79 Å². The van der Waals surface area contributed by atoms with Gasteiger partial charge in [-0.3, -0.25) is 4.98 Å². The summed E-state index contributed by atoms with van der Waals surface area (Å²) in [4.78, 5) is 17.7. The van der Waals surface area contributed by atoms with E-state index in [-0.39, 0.29) is 18.0 Å². The van der Waals surface area contributed by atoms with Crippen LogP contribution in [-0.4, -0.2) is 42.8 Å². The first-order chi connectivity index (χ1) is 17.7. The number of ether oxygens (including phenoxy) is 2. The predicted octanol–water partition coefficient (Wildman–Crippen LogP) is 5.55. The number of nitrogens with one attached hydrogen (secondary N) is 2. The van der Waals surface area contributed by atoms with Crippen LogP contribution in [0.15, 0.2) is 72.9 Å². The van der Waals surface area contributed by atoms with Crippen LogP contribution >= 0.6 is 11.6 Å². The maximum atomic E-state index is 13.7. The zero-order valence-corrected chi connectivity index (χ0v) is 20.2. The summed E-state index contributed by atoms with van der Waals surface area (Å²) in [6.45, 7) is 0.862. The second-order valence-corrected chi connectivity index (χ2v) is 9.02. The lowest BCUT2D eigenvalue weighted by atomic mass is 9.80. The summed E-state index contributed by atoms with van der Waals surface area (Å²) in [7, 11) is 0. The molecule has 1 aromatic heterocycles. The molecule has 0 radical (unpaired) electrons. The van der Waals surface area contributed by atoms with Crippen LogP contribution in [0.4, 0.5) is 22.4 Å². The minimum Gasteiger partial charge on any atom is -0.428 e. The van der Waals surface area contributed by atoms with Crippen LogP contribution in [0.1, 0.15) is 23.2 Å². The second kappa shape index (κ2) is 11.4. The van der Waals surface area contributed by atoms with Gasteiger partial charge in [-0.15, -0.1) is 0 Å². The van der Waals surface area contributed by atoms with E-state index in [9.17, 15) is 22.4 Å². The van der Waals surface area contributed by atoms with E-state index in [4.69, 9.17) is 16.3 Å². The molecular formula is C26H24ClF4N3O3. The van der Waals surface area contributed by atoms with Crippen molar-refractivity contribution in [2.75, 3.05) is 13.2 Å². The number of carbonyl (C=O) groups excluding carboxylic acids is 1. The normalized spacial score (nSPS) is 17.3. The Morgan fingerprint density at radius 3 is 2.57 bits per heavy atom. The number of hydrogen-bond acceptors (Lipinski definition) is 4. The lowest BCUT2D eigenvalue weighted by molar-refractivity contribution is -0.253. The van der Waals surface area contributed by atoms with E-state index in [1.165, 1.54) is 18.3 Å². The van der Waals surface area contributed by atoms with Crippen molar-refractivity contribution in [2.45, 2.75) is 37.0 Å². The monoisotopic (exact) mass is 537 g/mol. The number of halogens is 5. The van der Waals surface area contributed by atoms with E-state index in [1.54, 1.807) is 18.2 Å². The summed E-state index contributed by atoms with van der Waals surface area (Å²) in [6.07, 6.45) is -6.56. The van der Waals surface area contributed by atoms with Gasteiger partial charge in [-0.05, 0) is 41.8 Å². The lowest BCUT2D eigenvalue weighted by Gasteiger charge is -2.36. The van der Waals surface area contributed by atoms with Crippen molar-refractivity contribution in [1.82, 2.24) is 15.6 Å². The summed E-state index contributed by atoms with van der Waals surface area (Å²) in [6, 6.07) is 16.8. The Balaban J connectivity index is 1.82. The van der Waals surface area contributed by atoms with Gasteiger partial charge in [0.1, 0.15) is 11.3 Å². The first-order valence-electron chi connectivity index (χ1n) is 11.5. The summed E-state index contributed by atoms with van der Waals surface area (Å²) < 4.78 is 62.8. The smallest absolute Gasteiger partial charge is 0.428 e. The van der Waals surface area contributed by atoms with Gasteiger partial charge in [-0.1, -0.05) is 54.1 Å². The Morgan fingerprint density at radius 2 is 1.92 bits per heavy atom. The topological polar surface area (TPSA) is 72.5 Å². The van der Waals surface area contributed by atoms with E-state index in [0.29, 0.717) is 30.4 Å². The lowest BCUT2D eigenvalue weighted by Crippen LogP contribution is -2.54. The maximum absolute atomic E-state index is 13.7. The summed E-state index contributed by atoms with van der Waals surface area (Å²) in [5.74, 6) is -0.499. The molecule has 1 saturated heterocycles. The molecule has 0 bridgehead atoms. The molecule has 1 aliphatic heterocycles. The van der Waals surface area contributed by atoms with Crippen LogP contribution in [0.5, 0.6) is 5.75 Å². The maximum Gasteiger partial charge on any atom is 0.461 e. The average molecular weight is 538 g/mol. The number of amides is 2. The molecule has 2 N–H and O–H groups in total.